The molecule has 1 aromatic rings. The third kappa shape index (κ3) is 12.0. The molecule has 5 amide bonds. The number of nitrogens with one attached hydrogen (secondary N) is 3. The van der Waals surface area contributed by atoms with Crippen molar-refractivity contribution in [1.82, 2.24) is 25.8 Å². The van der Waals surface area contributed by atoms with Gasteiger partial charge in [-0.25, -0.2) is 9.59 Å². The molecule has 0 radical (unpaired) electrons. The van der Waals surface area contributed by atoms with Crippen LogP contribution in [0.4, 0.5) is 0 Å². The van der Waals surface area contributed by atoms with E-state index in [1.54, 1.807) is 79.7 Å². The molecule has 7 atom stereocenters. The Bertz CT molecular complexity index is 1580. The number of fused-ring (bicyclic) bond motifs is 1. The van der Waals surface area contributed by atoms with Gasteiger partial charge in [-0.05, 0) is 69.8 Å². The predicted octanol–water partition coefficient (Wildman–Crippen LogP) is 3.93. The third-order valence-electron chi connectivity index (χ3n) is 11.2. The first-order valence-corrected chi connectivity index (χ1v) is 20.7. The number of nitrogens with zero attached hydrogens (tertiary/aromatic N) is 2. The van der Waals surface area contributed by atoms with Crippen LogP contribution in [0, 0.1) is 23.2 Å². The number of cyclic esters (lactones) is 2. The van der Waals surface area contributed by atoms with Crippen molar-refractivity contribution >= 4 is 41.5 Å². The lowest BCUT2D eigenvalue weighted by molar-refractivity contribution is -0.169. The molecular formula is C43H67N5O9. The predicted molar refractivity (Wildman–Crippen MR) is 215 cm³/mol. The van der Waals surface area contributed by atoms with Crippen molar-refractivity contribution in [3.8, 4) is 0 Å². The molecule has 1 aromatic carbocycles. The van der Waals surface area contributed by atoms with Crippen LogP contribution in [0.15, 0.2) is 30.3 Å². The van der Waals surface area contributed by atoms with Crippen LogP contribution in [-0.4, -0.2) is 107 Å². The Balaban J connectivity index is 2.14. The quantitative estimate of drug-likeness (QED) is 0.247. The number of amides is 5. The molecule has 14 nitrogen and oxygen atoms in total. The zero-order valence-corrected chi connectivity index (χ0v) is 35.9. The summed E-state index contributed by atoms with van der Waals surface area (Å²) in [7, 11) is 1.48. The highest BCUT2D eigenvalue weighted by molar-refractivity contribution is 5.96. The van der Waals surface area contributed by atoms with E-state index >= 15 is 0 Å². The summed E-state index contributed by atoms with van der Waals surface area (Å²) in [6, 6.07) is 3.70. The van der Waals surface area contributed by atoms with Crippen molar-refractivity contribution in [2.45, 2.75) is 157 Å². The number of carbonyl (C=O) groups excluding carboxylic acids is 7. The molecule has 0 saturated carbocycles. The number of hydrogen-bond donors (Lipinski definition) is 3. The Morgan fingerprint density at radius 1 is 0.772 bits per heavy atom. The first-order valence-electron chi connectivity index (χ1n) is 20.7. The number of likely N-dealkylation sites (N-methyl/N-ethyl adjacent to an activating group) is 1. The highest BCUT2D eigenvalue weighted by Crippen LogP contribution is 2.30. The van der Waals surface area contributed by atoms with E-state index in [-0.39, 0.29) is 13.0 Å². The summed E-state index contributed by atoms with van der Waals surface area (Å²) in [6.07, 6.45) is 1.32. The van der Waals surface area contributed by atoms with Crippen LogP contribution in [0.25, 0.3) is 0 Å². The summed E-state index contributed by atoms with van der Waals surface area (Å²) in [5, 5.41) is 8.40. The third-order valence-corrected chi connectivity index (χ3v) is 11.2. The number of carbonyl (C=O) groups is 7. The molecule has 2 aliphatic heterocycles. The normalized spacial score (nSPS) is 27.6. The zero-order valence-electron chi connectivity index (χ0n) is 35.9. The standard InChI is InChI=1S/C43H67N5O9/c1-12-13-15-22-32-43(9,10)42(55)46-34(26(4)5)39(52)47(11)35(27(6)7)41(54)56-31(24-29-19-16-14-17-20-29)38(51)48-23-18-21-30(48)36(49)45-33(25(2)3)37(50)44-28(8)40(53)57-32/h14,16-17,19-20,25-28,30-35H,12-13,15,18,21-24H2,1-11H3,(H,44,50)(H,45,49)(H,46,55)/t28-,30-,31-,32-,33-,34-,35?/m0/s1. The lowest BCUT2D eigenvalue weighted by Gasteiger charge is -2.38. The second kappa shape index (κ2) is 20.8. The van der Waals surface area contributed by atoms with E-state index in [0.29, 0.717) is 25.7 Å². The first-order chi connectivity index (χ1) is 26.7. The van der Waals surface area contributed by atoms with Crippen molar-refractivity contribution in [1.29, 1.82) is 0 Å². The number of unbranched alkanes of at least 4 members (excludes halogenated alkanes) is 2. The molecule has 3 N–H and O–H groups in total. The maximum Gasteiger partial charge on any atom is 0.329 e. The van der Waals surface area contributed by atoms with Gasteiger partial charge >= 0.3 is 11.9 Å². The fourth-order valence-corrected chi connectivity index (χ4v) is 7.46. The van der Waals surface area contributed by atoms with Gasteiger partial charge < -0.3 is 35.2 Å². The monoisotopic (exact) mass is 797 g/mol. The molecule has 57 heavy (non-hydrogen) atoms. The second-order valence-corrected chi connectivity index (χ2v) is 17.2. The van der Waals surface area contributed by atoms with Gasteiger partial charge in [0.2, 0.25) is 23.6 Å². The van der Waals surface area contributed by atoms with E-state index in [0.717, 1.165) is 18.4 Å². The highest BCUT2D eigenvalue weighted by Gasteiger charge is 2.45. The van der Waals surface area contributed by atoms with Gasteiger partial charge in [0, 0.05) is 20.0 Å². The Morgan fingerprint density at radius 3 is 1.98 bits per heavy atom. The van der Waals surface area contributed by atoms with Crippen LogP contribution in [0.3, 0.4) is 0 Å². The Labute approximate surface area is 338 Å². The minimum atomic E-state index is -1.34. The van der Waals surface area contributed by atoms with Gasteiger partial charge in [-0.15, -0.1) is 0 Å². The topological polar surface area (TPSA) is 181 Å². The highest BCUT2D eigenvalue weighted by atomic mass is 16.6. The van der Waals surface area contributed by atoms with E-state index in [1.807, 2.05) is 13.0 Å². The number of benzene rings is 1. The fourth-order valence-electron chi connectivity index (χ4n) is 7.46. The molecule has 3 rings (SSSR count). The van der Waals surface area contributed by atoms with Gasteiger partial charge in [-0.2, -0.15) is 0 Å². The van der Waals surface area contributed by atoms with Crippen molar-refractivity contribution in [2.24, 2.45) is 23.2 Å². The van der Waals surface area contributed by atoms with Crippen LogP contribution in [0.2, 0.25) is 0 Å². The molecule has 0 aromatic heterocycles. The van der Waals surface area contributed by atoms with Crippen molar-refractivity contribution < 1.29 is 43.0 Å². The van der Waals surface area contributed by atoms with Gasteiger partial charge in [0.1, 0.15) is 36.3 Å². The van der Waals surface area contributed by atoms with Crippen LogP contribution < -0.4 is 16.0 Å². The Morgan fingerprint density at radius 2 is 1.40 bits per heavy atom. The molecule has 14 heteroatoms. The van der Waals surface area contributed by atoms with Crippen LogP contribution in [0.5, 0.6) is 0 Å². The van der Waals surface area contributed by atoms with Crippen molar-refractivity contribution in [2.75, 3.05) is 13.6 Å². The molecule has 318 valence electrons. The Kier molecular flexibility index (Phi) is 17.1. The van der Waals surface area contributed by atoms with Crippen molar-refractivity contribution in [3.63, 3.8) is 0 Å². The van der Waals surface area contributed by atoms with E-state index in [9.17, 15) is 33.6 Å². The smallest absolute Gasteiger partial charge is 0.329 e. The fraction of sp³-hybridized carbons (Fsp3) is 0.698. The summed E-state index contributed by atoms with van der Waals surface area (Å²) >= 11 is 0. The molecule has 2 heterocycles. The molecule has 2 fully saturated rings. The van der Waals surface area contributed by atoms with Gasteiger partial charge in [0.05, 0.1) is 5.41 Å². The van der Waals surface area contributed by atoms with Crippen LogP contribution in [0.1, 0.15) is 113 Å². The molecule has 1 unspecified atom stereocenters. The maximum atomic E-state index is 14.4. The second-order valence-electron chi connectivity index (χ2n) is 17.2. The van der Waals surface area contributed by atoms with Gasteiger partial charge in [-0.3, -0.25) is 24.0 Å². The summed E-state index contributed by atoms with van der Waals surface area (Å²) in [6.45, 7) is 17.6. The summed E-state index contributed by atoms with van der Waals surface area (Å²) < 4.78 is 12.1. The molecule has 2 aliphatic rings. The van der Waals surface area contributed by atoms with E-state index in [2.05, 4.69) is 16.0 Å². The molecule has 0 spiro atoms. The molecule has 2 saturated heterocycles. The molecular weight excluding hydrogens is 730 g/mol. The molecule has 0 bridgehead atoms. The van der Waals surface area contributed by atoms with E-state index < -0.39 is 107 Å². The summed E-state index contributed by atoms with van der Waals surface area (Å²) in [5.41, 5.74) is -0.600. The lowest BCUT2D eigenvalue weighted by Crippen LogP contribution is -2.60. The SMILES string of the molecule is CCCCC[C@@H]1OC(=O)[C@H](C)NC(=O)[C@H](C(C)C)NC(=O)[C@@H]2CCCN2C(=O)[C@H](Cc2ccccc2)OC(=O)C(C(C)C)N(C)C(=O)[C@H](C(C)C)NC(=O)C1(C)C. The summed E-state index contributed by atoms with van der Waals surface area (Å²) in [4.78, 5) is 101. The summed E-state index contributed by atoms with van der Waals surface area (Å²) in [5.74, 6) is -5.64. The van der Waals surface area contributed by atoms with Gasteiger partial charge in [-0.1, -0.05) is 91.6 Å². The minimum Gasteiger partial charge on any atom is -0.460 e. The maximum absolute atomic E-state index is 14.4. The van der Waals surface area contributed by atoms with Crippen LogP contribution >= 0.6 is 0 Å². The van der Waals surface area contributed by atoms with E-state index in [1.165, 1.54) is 23.8 Å². The average Bonchev–Trinajstić information content (AvgIpc) is 3.64. The van der Waals surface area contributed by atoms with Crippen molar-refractivity contribution in [3.05, 3.63) is 35.9 Å². The zero-order chi connectivity index (χ0) is 42.8. The Hall–Kier alpha value is -4.49. The number of ether oxygens (including phenoxy) is 2. The largest absolute Gasteiger partial charge is 0.460 e. The number of rotatable bonds is 9. The first kappa shape index (κ1) is 46.9. The number of hydrogen-bond acceptors (Lipinski definition) is 9. The van der Waals surface area contributed by atoms with Gasteiger partial charge in [0.15, 0.2) is 6.10 Å². The molecule has 0 aliphatic carbocycles. The number of esters is 2. The average molecular weight is 798 g/mol. The van der Waals surface area contributed by atoms with Gasteiger partial charge in [0.25, 0.3) is 5.91 Å². The van der Waals surface area contributed by atoms with E-state index in [4.69, 9.17) is 9.47 Å². The minimum absolute atomic E-state index is 0.0168. The lowest BCUT2D eigenvalue weighted by atomic mass is 9.82. The van der Waals surface area contributed by atoms with Crippen LogP contribution in [-0.2, 0) is 49.5 Å².